The van der Waals surface area contributed by atoms with E-state index in [-0.39, 0.29) is 6.10 Å². The van der Waals surface area contributed by atoms with Crippen LogP contribution in [0.1, 0.15) is 79.1 Å². The first-order chi connectivity index (χ1) is 10.5. The van der Waals surface area contributed by atoms with Crippen molar-refractivity contribution in [2.24, 2.45) is 11.3 Å². The van der Waals surface area contributed by atoms with Crippen LogP contribution in [0.25, 0.3) is 0 Å². The van der Waals surface area contributed by atoms with Gasteiger partial charge in [0.05, 0.1) is 6.61 Å². The van der Waals surface area contributed by atoms with Crippen LogP contribution in [0.2, 0.25) is 0 Å². The second kappa shape index (κ2) is 9.16. The van der Waals surface area contributed by atoms with Crippen LogP contribution in [0.5, 0.6) is 0 Å². The number of carbonyl (C=O) groups excluding carboxylic acids is 2. The van der Waals surface area contributed by atoms with Crippen molar-refractivity contribution in [1.29, 1.82) is 0 Å². The largest absolute Gasteiger partial charge is 0.465 e. The number of rotatable bonds is 8. The van der Waals surface area contributed by atoms with Gasteiger partial charge in [0.2, 0.25) is 0 Å². The highest BCUT2D eigenvalue weighted by Gasteiger charge is 2.46. The summed E-state index contributed by atoms with van der Waals surface area (Å²) in [4.78, 5) is 25.0. The fourth-order valence-electron chi connectivity index (χ4n) is 2.97. The first-order valence-electron chi connectivity index (χ1n) is 8.88. The molecule has 0 saturated heterocycles. The Kier molecular flexibility index (Phi) is 7.91. The first kappa shape index (κ1) is 19.0. The Bertz CT molecular complexity index is 352. The summed E-state index contributed by atoms with van der Waals surface area (Å²) in [7, 11) is 0. The van der Waals surface area contributed by atoms with Crippen LogP contribution in [0.15, 0.2) is 0 Å². The quantitative estimate of drug-likeness (QED) is 0.382. The number of carbonyl (C=O) groups is 2. The highest BCUT2D eigenvalue weighted by atomic mass is 16.6. The van der Waals surface area contributed by atoms with Crippen molar-refractivity contribution in [2.45, 2.75) is 85.2 Å². The van der Waals surface area contributed by atoms with Crippen molar-refractivity contribution in [3.05, 3.63) is 0 Å². The van der Waals surface area contributed by atoms with E-state index in [1.807, 2.05) is 20.8 Å². The topological polar surface area (TPSA) is 52.6 Å². The zero-order valence-electron chi connectivity index (χ0n) is 14.7. The van der Waals surface area contributed by atoms with Gasteiger partial charge >= 0.3 is 11.9 Å². The van der Waals surface area contributed by atoms with E-state index in [0.717, 1.165) is 38.5 Å². The molecule has 0 aromatic heterocycles. The zero-order valence-corrected chi connectivity index (χ0v) is 14.7. The van der Waals surface area contributed by atoms with Crippen molar-refractivity contribution >= 4 is 11.9 Å². The smallest absolute Gasteiger partial charge is 0.323 e. The monoisotopic (exact) mass is 312 g/mol. The van der Waals surface area contributed by atoms with E-state index >= 15 is 0 Å². The molecule has 4 nitrogen and oxygen atoms in total. The lowest BCUT2D eigenvalue weighted by Crippen LogP contribution is -2.43. The molecule has 1 fully saturated rings. The third kappa shape index (κ3) is 4.72. The average molecular weight is 312 g/mol. The minimum absolute atomic E-state index is 0.0374. The van der Waals surface area contributed by atoms with Crippen LogP contribution in [0, 0.1) is 11.3 Å². The standard InChI is InChI=1S/C18H32O4/c1-5-8-13-21-16(19)18(6-2,7-3)17(20)22-15-11-9-14(4)10-12-15/h14-15H,5-13H2,1-4H3. The van der Waals surface area contributed by atoms with E-state index < -0.39 is 17.4 Å². The predicted molar refractivity (Wildman–Crippen MR) is 86.4 cm³/mol. The second-order valence-electron chi connectivity index (χ2n) is 6.57. The Morgan fingerprint density at radius 3 is 2.09 bits per heavy atom. The molecule has 4 heteroatoms. The number of hydrogen-bond donors (Lipinski definition) is 0. The molecule has 22 heavy (non-hydrogen) atoms. The average Bonchev–Trinajstić information content (AvgIpc) is 2.51. The van der Waals surface area contributed by atoms with Gasteiger partial charge < -0.3 is 9.47 Å². The van der Waals surface area contributed by atoms with Gasteiger partial charge in [0, 0.05) is 0 Å². The number of ether oxygens (including phenoxy) is 2. The van der Waals surface area contributed by atoms with Crippen LogP contribution in [-0.4, -0.2) is 24.6 Å². The Morgan fingerprint density at radius 1 is 1.00 bits per heavy atom. The summed E-state index contributed by atoms with van der Waals surface area (Å²) in [6, 6.07) is 0. The maximum absolute atomic E-state index is 12.6. The van der Waals surface area contributed by atoms with Crippen LogP contribution in [0.3, 0.4) is 0 Å². The molecular formula is C18H32O4. The lowest BCUT2D eigenvalue weighted by atomic mass is 9.82. The summed E-state index contributed by atoms with van der Waals surface area (Å²) < 4.78 is 11.0. The van der Waals surface area contributed by atoms with Crippen molar-refractivity contribution in [2.75, 3.05) is 6.61 Å². The van der Waals surface area contributed by atoms with Crippen LogP contribution in [-0.2, 0) is 19.1 Å². The van der Waals surface area contributed by atoms with Gasteiger partial charge in [0.1, 0.15) is 6.10 Å². The molecule has 0 radical (unpaired) electrons. The van der Waals surface area contributed by atoms with Crippen molar-refractivity contribution in [3.8, 4) is 0 Å². The Hall–Kier alpha value is -1.06. The summed E-state index contributed by atoms with van der Waals surface area (Å²) >= 11 is 0. The third-order valence-electron chi connectivity index (χ3n) is 4.96. The summed E-state index contributed by atoms with van der Waals surface area (Å²) in [6.07, 6.45) is 6.59. The summed E-state index contributed by atoms with van der Waals surface area (Å²) in [6.45, 7) is 8.36. The molecule has 0 atom stereocenters. The van der Waals surface area contributed by atoms with Crippen LogP contribution >= 0.6 is 0 Å². The molecule has 0 heterocycles. The zero-order chi connectivity index (χ0) is 16.6. The van der Waals surface area contributed by atoms with Crippen molar-refractivity contribution in [1.82, 2.24) is 0 Å². The molecule has 1 aliphatic carbocycles. The van der Waals surface area contributed by atoms with Gasteiger partial charge in [0.25, 0.3) is 0 Å². The molecule has 1 saturated carbocycles. The molecule has 1 aliphatic rings. The maximum atomic E-state index is 12.6. The molecule has 0 amide bonds. The predicted octanol–water partition coefficient (Wildman–Crippen LogP) is 4.26. The normalized spacial score (nSPS) is 22.2. The fraction of sp³-hybridized carbons (Fsp3) is 0.889. The second-order valence-corrected chi connectivity index (χ2v) is 6.57. The van der Waals surface area contributed by atoms with E-state index in [4.69, 9.17) is 9.47 Å². The molecule has 1 rings (SSSR count). The minimum atomic E-state index is -1.13. The van der Waals surface area contributed by atoms with Gasteiger partial charge in [-0.3, -0.25) is 9.59 Å². The van der Waals surface area contributed by atoms with Crippen molar-refractivity contribution in [3.63, 3.8) is 0 Å². The SMILES string of the molecule is CCCCOC(=O)C(CC)(CC)C(=O)OC1CCC(C)CC1. The van der Waals surface area contributed by atoms with E-state index in [2.05, 4.69) is 6.92 Å². The van der Waals surface area contributed by atoms with Crippen LogP contribution in [0.4, 0.5) is 0 Å². The number of hydrogen-bond acceptors (Lipinski definition) is 4. The van der Waals surface area contributed by atoms with Gasteiger partial charge in [-0.05, 0) is 50.9 Å². The van der Waals surface area contributed by atoms with Crippen LogP contribution < -0.4 is 0 Å². The Labute approximate surface area is 134 Å². The van der Waals surface area contributed by atoms with Gasteiger partial charge in [-0.1, -0.05) is 34.1 Å². The Morgan fingerprint density at radius 2 is 1.59 bits per heavy atom. The van der Waals surface area contributed by atoms with E-state index in [1.165, 1.54) is 0 Å². The molecule has 0 aliphatic heterocycles. The highest BCUT2D eigenvalue weighted by molar-refractivity contribution is 6.00. The minimum Gasteiger partial charge on any atom is -0.465 e. The fourth-order valence-corrected chi connectivity index (χ4v) is 2.97. The lowest BCUT2D eigenvalue weighted by molar-refractivity contribution is -0.177. The maximum Gasteiger partial charge on any atom is 0.323 e. The van der Waals surface area contributed by atoms with E-state index in [0.29, 0.717) is 25.4 Å². The summed E-state index contributed by atoms with van der Waals surface area (Å²) in [5, 5.41) is 0. The number of unbranched alkanes of at least 4 members (excludes halogenated alkanes) is 1. The highest BCUT2D eigenvalue weighted by Crippen LogP contribution is 2.33. The van der Waals surface area contributed by atoms with Gasteiger partial charge in [-0.15, -0.1) is 0 Å². The van der Waals surface area contributed by atoms with E-state index in [9.17, 15) is 9.59 Å². The van der Waals surface area contributed by atoms with E-state index in [1.54, 1.807) is 0 Å². The number of esters is 2. The molecular weight excluding hydrogens is 280 g/mol. The molecule has 0 unspecified atom stereocenters. The summed E-state index contributed by atoms with van der Waals surface area (Å²) in [5.41, 5.74) is -1.13. The van der Waals surface area contributed by atoms with Gasteiger partial charge in [0.15, 0.2) is 5.41 Å². The van der Waals surface area contributed by atoms with Gasteiger partial charge in [-0.2, -0.15) is 0 Å². The molecule has 0 aromatic rings. The molecule has 0 aromatic carbocycles. The first-order valence-corrected chi connectivity index (χ1v) is 8.88. The Balaban J connectivity index is 2.66. The molecule has 0 spiro atoms. The van der Waals surface area contributed by atoms with Crippen molar-refractivity contribution < 1.29 is 19.1 Å². The molecule has 128 valence electrons. The third-order valence-corrected chi connectivity index (χ3v) is 4.96. The lowest BCUT2D eigenvalue weighted by Gasteiger charge is -2.32. The van der Waals surface area contributed by atoms with Gasteiger partial charge in [-0.25, -0.2) is 0 Å². The molecule has 0 bridgehead atoms. The summed E-state index contributed by atoms with van der Waals surface area (Å²) in [5.74, 6) is -0.102. The molecule has 0 N–H and O–H groups in total.